The van der Waals surface area contributed by atoms with Gasteiger partial charge in [0, 0.05) is 23.7 Å². The van der Waals surface area contributed by atoms with E-state index >= 15 is 0 Å². The summed E-state index contributed by atoms with van der Waals surface area (Å²) in [5, 5.41) is 19.5. The van der Waals surface area contributed by atoms with Gasteiger partial charge in [0.1, 0.15) is 5.78 Å². The molecule has 0 spiro atoms. The van der Waals surface area contributed by atoms with Crippen LogP contribution in [-0.2, 0) is 4.79 Å². The Bertz CT molecular complexity index is 766. The van der Waals surface area contributed by atoms with Crippen LogP contribution >= 0.6 is 0 Å². The summed E-state index contributed by atoms with van der Waals surface area (Å²) in [6.45, 7) is 0. The molecule has 5 aliphatic carbocycles. The number of hydrogen-bond acceptors (Lipinski definition) is 4. The molecule has 5 fully saturated rings. The van der Waals surface area contributed by atoms with E-state index in [1.807, 2.05) is 12.1 Å². The van der Waals surface area contributed by atoms with E-state index in [-0.39, 0.29) is 17.1 Å². The number of nitrogens with zero attached hydrogens (tertiary/aromatic N) is 3. The van der Waals surface area contributed by atoms with E-state index in [1.165, 1.54) is 19.3 Å². The van der Waals surface area contributed by atoms with Gasteiger partial charge in [0.25, 0.3) is 0 Å². The largest absolute Gasteiger partial charge is 0.299 e. The Labute approximate surface area is 147 Å². The number of carbonyl (C=O) groups is 1. The maximum atomic E-state index is 13.7. The maximum absolute atomic E-state index is 13.7. The lowest BCUT2D eigenvalue weighted by Gasteiger charge is -2.56. The van der Waals surface area contributed by atoms with Crippen LogP contribution in [0.1, 0.15) is 50.0 Å². The fourth-order valence-corrected chi connectivity index (χ4v) is 6.81. The molecule has 4 bridgehead atoms. The van der Waals surface area contributed by atoms with Crippen LogP contribution in [0.2, 0.25) is 0 Å². The zero-order valence-electron chi connectivity index (χ0n) is 14.2. The molecule has 1 aromatic heterocycles. The predicted molar refractivity (Wildman–Crippen MR) is 89.7 cm³/mol. The van der Waals surface area contributed by atoms with Crippen molar-refractivity contribution < 1.29 is 4.79 Å². The first kappa shape index (κ1) is 15.1. The molecule has 0 saturated heterocycles. The lowest BCUT2D eigenvalue weighted by molar-refractivity contribution is -0.145. The van der Waals surface area contributed by atoms with Crippen LogP contribution in [0.3, 0.4) is 0 Å². The second-order valence-corrected chi connectivity index (χ2v) is 8.90. The van der Waals surface area contributed by atoms with E-state index in [4.69, 9.17) is 0 Å². The number of ketones is 1. The van der Waals surface area contributed by atoms with Crippen LogP contribution in [-0.4, -0.2) is 10.8 Å². The molecule has 0 aliphatic heterocycles. The van der Waals surface area contributed by atoms with E-state index in [1.54, 1.807) is 12.4 Å². The van der Waals surface area contributed by atoms with Crippen molar-refractivity contribution >= 4 is 5.78 Å². The molecule has 5 saturated carbocycles. The Balaban J connectivity index is 1.51. The van der Waals surface area contributed by atoms with Crippen molar-refractivity contribution in [2.45, 2.75) is 44.4 Å². The van der Waals surface area contributed by atoms with Gasteiger partial charge in [-0.25, -0.2) is 0 Å². The highest BCUT2D eigenvalue weighted by Crippen LogP contribution is 2.70. The lowest BCUT2D eigenvalue weighted by Crippen LogP contribution is -2.50. The molecule has 4 nitrogen and oxygen atoms in total. The molecule has 5 aliphatic rings. The van der Waals surface area contributed by atoms with E-state index in [0.717, 1.165) is 24.8 Å². The molecule has 2 unspecified atom stereocenters. The van der Waals surface area contributed by atoms with E-state index < -0.39 is 11.3 Å². The molecule has 0 amide bonds. The number of rotatable bonds is 3. The van der Waals surface area contributed by atoms with Gasteiger partial charge < -0.3 is 0 Å². The smallest absolute Gasteiger partial charge is 0.161 e. The molecule has 25 heavy (non-hydrogen) atoms. The zero-order valence-corrected chi connectivity index (χ0v) is 14.2. The second kappa shape index (κ2) is 4.92. The van der Waals surface area contributed by atoms with Gasteiger partial charge in [0.15, 0.2) is 5.41 Å². The molecule has 1 aromatic rings. The van der Waals surface area contributed by atoms with Gasteiger partial charge >= 0.3 is 0 Å². The topological polar surface area (TPSA) is 77.5 Å². The molecule has 2 atom stereocenters. The van der Waals surface area contributed by atoms with Gasteiger partial charge in [-0.05, 0) is 67.9 Å². The van der Waals surface area contributed by atoms with E-state index in [9.17, 15) is 15.3 Å². The van der Waals surface area contributed by atoms with Crippen LogP contribution in [0.5, 0.6) is 0 Å². The van der Waals surface area contributed by atoms with Crippen LogP contribution < -0.4 is 0 Å². The molecule has 0 aromatic carbocycles. The maximum Gasteiger partial charge on any atom is 0.161 e. The first-order valence-corrected chi connectivity index (χ1v) is 9.38. The van der Waals surface area contributed by atoms with Crippen LogP contribution in [0, 0.1) is 57.2 Å². The third-order valence-corrected chi connectivity index (χ3v) is 7.46. The predicted octanol–water partition coefficient (Wildman–Crippen LogP) is 3.61. The highest BCUT2D eigenvalue weighted by molar-refractivity contribution is 5.94. The lowest BCUT2D eigenvalue weighted by atomic mass is 9.48. The summed E-state index contributed by atoms with van der Waals surface area (Å²) in [5.74, 6) is 1.49. The standard InChI is InChI=1S/C21H21N3O/c22-11-21(12-23)17(16-2-1-3-24-10-16)18(21)19(25)20-7-13-4-14(8-20)6-15(5-13)9-20/h1-3,10,13-15,17-18H,4-9H2. The highest BCUT2D eigenvalue weighted by atomic mass is 16.1. The third-order valence-electron chi connectivity index (χ3n) is 7.46. The van der Waals surface area contributed by atoms with Crippen molar-refractivity contribution in [1.82, 2.24) is 4.98 Å². The van der Waals surface area contributed by atoms with Crippen LogP contribution in [0.15, 0.2) is 24.5 Å². The number of pyridine rings is 1. The van der Waals surface area contributed by atoms with Crippen LogP contribution in [0.4, 0.5) is 0 Å². The summed E-state index contributed by atoms with van der Waals surface area (Å²) >= 11 is 0. The fraction of sp³-hybridized carbons (Fsp3) is 0.619. The van der Waals surface area contributed by atoms with Crippen molar-refractivity contribution in [3.05, 3.63) is 30.1 Å². The Morgan fingerprint density at radius 3 is 2.16 bits per heavy atom. The minimum atomic E-state index is -1.19. The summed E-state index contributed by atoms with van der Waals surface area (Å²) in [7, 11) is 0. The molecule has 126 valence electrons. The van der Waals surface area contributed by atoms with Crippen molar-refractivity contribution in [2.24, 2.45) is 34.5 Å². The Morgan fingerprint density at radius 2 is 1.68 bits per heavy atom. The SMILES string of the molecule is N#CC1(C#N)C(C(=O)C23CC4CC(CC(C4)C2)C3)C1c1cccnc1. The number of nitriles is 2. The molecule has 0 N–H and O–H groups in total. The number of hydrogen-bond donors (Lipinski definition) is 0. The number of carbonyl (C=O) groups excluding carboxylic acids is 1. The normalized spacial score (nSPS) is 42.4. The minimum absolute atomic E-state index is 0.212. The Hall–Kier alpha value is -2.20. The molecular formula is C21H21N3O. The number of aromatic nitrogens is 1. The summed E-state index contributed by atoms with van der Waals surface area (Å²) in [6, 6.07) is 8.12. The third kappa shape index (κ3) is 1.92. The summed E-state index contributed by atoms with van der Waals surface area (Å²) in [4.78, 5) is 17.8. The molecular weight excluding hydrogens is 310 g/mol. The van der Waals surface area contributed by atoms with Gasteiger partial charge in [-0.2, -0.15) is 10.5 Å². The monoisotopic (exact) mass is 331 g/mol. The molecule has 4 heteroatoms. The average molecular weight is 331 g/mol. The van der Waals surface area contributed by atoms with E-state index in [0.29, 0.717) is 17.8 Å². The Morgan fingerprint density at radius 1 is 1.08 bits per heavy atom. The average Bonchev–Trinajstić information content (AvgIpc) is 3.30. The van der Waals surface area contributed by atoms with Gasteiger partial charge in [-0.15, -0.1) is 0 Å². The summed E-state index contributed by atoms with van der Waals surface area (Å²) < 4.78 is 0. The Kier molecular flexibility index (Phi) is 2.97. The summed E-state index contributed by atoms with van der Waals surface area (Å²) in [6.07, 6.45) is 10.2. The molecule has 1 heterocycles. The summed E-state index contributed by atoms with van der Waals surface area (Å²) in [5.41, 5.74) is -0.590. The number of Topliss-reactive ketones (excluding diaryl/α,β-unsaturated/α-hetero) is 1. The van der Waals surface area contributed by atoms with Crippen molar-refractivity contribution in [1.29, 1.82) is 10.5 Å². The highest BCUT2D eigenvalue weighted by Gasteiger charge is 2.73. The second-order valence-electron chi connectivity index (χ2n) is 8.90. The fourth-order valence-electron chi connectivity index (χ4n) is 6.81. The first-order chi connectivity index (χ1) is 12.1. The molecule has 0 radical (unpaired) electrons. The van der Waals surface area contributed by atoms with Gasteiger partial charge in [0.05, 0.1) is 18.1 Å². The van der Waals surface area contributed by atoms with Crippen molar-refractivity contribution in [2.75, 3.05) is 0 Å². The van der Waals surface area contributed by atoms with Crippen molar-refractivity contribution in [3.8, 4) is 12.1 Å². The molecule has 6 rings (SSSR count). The minimum Gasteiger partial charge on any atom is -0.299 e. The quantitative estimate of drug-likeness (QED) is 0.847. The van der Waals surface area contributed by atoms with Gasteiger partial charge in [0.2, 0.25) is 0 Å². The van der Waals surface area contributed by atoms with E-state index in [2.05, 4.69) is 17.1 Å². The van der Waals surface area contributed by atoms with Crippen LogP contribution in [0.25, 0.3) is 0 Å². The van der Waals surface area contributed by atoms with Gasteiger partial charge in [-0.1, -0.05) is 6.07 Å². The van der Waals surface area contributed by atoms with Gasteiger partial charge in [-0.3, -0.25) is 9.78 Å². The first-order valence-electron chi connectivity index (χ1n) is 9.38. The van der Waals surface area contributed by atoms with Crippen molar-refractivity contribution in [3.63, 3.8) is 0 Å². The zero-order chi connectivity index (χ0) is 17.2.